The second kappa shape index (κ2) is 16.0. The van der Waals surface area contributed by atoms with Crippen LogP contribution in [0, 0.1) is 0 Å². The minimum atomic E-state index is -4.37. The molecule has 0 aliphatic carbocycles. The van der Waals surface area contributed by atoms with Crippen molar-refractivity contribution in [3.63, 3.8) is 0 Å². The zero-order chi connectivity index (χ0) is 35.0. The number of hydrogen-bond acceptors (Lipinski definition) is 12. The SMILES string of the molecule is CCN(CCCC(C)Nc1ccnc2cc(Cl)ccc12)CCOS(=O)(=O)O.O=c1c(O)c(-c2ccc(O)c(O)c2)oc2cc(O)ccc12. The maximum Gasteiger partial charge on any atom is 0.397 e. The molecule has 0 amide bonds. The van der Waals surface area contributed by atoms with Crippen molar-refractivity contribution in [2.45, 2.75) is 32.7 Å². The van der Waals surface area contributed by atoms with E-state index in [2.05, 4.69) is 26.3 Å². The molecule has 0 aliphatic rings. The van der Waals surface area contributed by atoms with Crippen molar-refractivity contribution in [2.24, 2.45) is 0 Å². The molecule has 0 aliphatic heterocycles. The van der Waals surface area contributed by atoms with Crippen molar-refractivity contribution in [2.75, 3.05) is 31.6 Å². The Bertz CT molecular complexity index is 2060. The first-order valence-electron chi connectivity index (χ1n) is 14.9. The van der Waals surface area contributed by atoms with Gasteiger partial charge in [0.05, 0.1) is 17.5 Å². The number of hydrogen-bond donors (Lipinski definition) is 6. The van der Waals surface area contributed by atoms with Gasteiger partial charge in [0.1, 0.15) is 11.3 Å². The van der Waals surface area contributed by atoms with Crippen LogP contribution in [0.2, 0.25) is 5.02 Å². The normalized spacial score (nSPS) is 12.2. The van der Waals surface area contributed by atoms with Gasteiger partial charge in [-0.3, -0.25) is 14.3 Å². The van der Waals surface area contributed by atoms with E-state index in [4.69, 9.17) is 20.6 Å². The van der Waals surface area contributed by atoms with Crippen molar-refractivity contribution in [3.05, 3.63) is 82.1 Å². The fraction of sp³-hybridized carbons (Fsp3) is 0.273. The molecule has 48 heavy (non-hydrogen) atoms. The van der Waals surface area contributed by atoms with E-state index >= 15 is 0 Å². The highest BCUT2D eigenvalue weighted by Crippen LogP contribution is 2.35. The summed E-state index contributed by atoms with van der Waals surface area (Å²) in [6.45, 7) is 6.14. The van der Waals surface area contributed by atoms with Crippen molar-refractivity contribution >= 4 is 49.6 Å². The third kappa shape index (κ3) is 9.71. The number of pyridine rings is 1. The molecule has 13 nitrogen and oxygen atoms in total. The van der Waals surface area contributed by atoms with Crippen molar-refractivity contribution < 1.29 is 42.0 Å². The second-order valence-corrected chi connectivity index (χ2v) is 12.4. The molecular weight excluding hydrogens is 666 g/mol. The Kier molecular flexibility index (Phi) is 12.1. The quantitative estimate of drug-likeness (QED) is 0.0664. The Hall–Kier alpha value is -4.60. The van der Waals surface area contributed by atoms with Gasteiger partial charge in [-0.25, -0.2) is 4.18 Å². The van der Waals surface area contributed by atoms with Gasteiger partial charge in [0.2, 0.25) is 11.2 Å². The zero-order valence-electron chi connectivity index (χ0n) is 26.1. The number of likely N-dealkylation sites (N-methyl/N-ethyl adjacent to an activating group) is 1. The molecule has 1 unspecified atom stereocenters. The molecule has 0 fully saturated rings. The van der Waals surface area contributed by atoms with Crippen LogP contribution < -0.4 is 10.7 Å². The smallest absolute Gasteiger partial charge is 0.397 e. The summed E-state index contributed by atoms with van der Waals surface area (Å²) in [7, 11) is -4.37. The molecule has 3 aromatic carbocycles. The molecular formula is C33H36ClN3O10S. The van der Waals surface area contributed by atoms with Crippen molar-refractivity contribution in [1.29, 1.82) is 0 Å². The van der Waals surface area contributed by atoms with Crippen LogP contribution in [0.4, 0.5) is 5.69 Å². The first kappa shape index (κ1) is 36.2. The third-order valence-electron chi connectivity index (χ3n) is 7.39. The van der Waals surface area contributed by atoms with E-state index in [1.165, 1.54) is 30.3 Å². The number of benzene rings is 3. The number of anilines is 1. The Morgan fingerprint density at radius 1 is 0.979 bits per heavy atom. The molecule has 0 spiro atoms. The lowest BCUT2D eigenvalue weighted by atomic mass is 10.1. The molecule has 5 rings (SSSR count). The molecule has 0 saturated heterocycles. The number of halogens is 1. The van der Waals surface area contributed by atoms with Gasteiger partial charge in [-0.2, -0.15) is 8.42 Å². The monoisotopic (exact) mass is 701 g/mol. The highest BCUT2D eigenvalue weighted by Gasteiger charge is 2.17. The van der Waals surface area contributed by atoms with Crippen LogP contribution in [0.3, 0.4) is 0 Å². The molecule has 15 heteroatoms. The number of rotatable bonds is 12. The van der Waals surface area contributed by atoms with E-state index < -0.39 is 27.3 Å². The lowest BCUT2D eigenvalue weighted by Gasteiger charge is -2.22. The second-order valence-electron chi connectivity index (χ2n) is 10.9. The van der Waals surface area contributed by atoms with Crippen LogP contribution in [-0.4, -0.2) is 75.6 Å². The summed E-state index contributed by atoms with van der Waals surface area (Å²) < 4.78 is 39.6. The van der Waals surface area contributed by atoms with E-state index in [1.54, 1.807) is 6.20 Å². The molecule has 0 saturated carbocycles. The van der Waals surface area contributed by atoms with E-state index in [9.17, 15) is 33.6 Å². The van der Waals surface area contributed by atoms with Crippen LogP contribution in [-0.2, 0) is 14.6 Å². The summed E-state index contributed by atoms with van der Waals surface area (Å²) in [6.07, 6.45) is 3.66. The Balaban J connectivity index is 0.000000223. The van der Waals surface area contributed by atoms with Gasteiger partial charge in [-0.15, -0.1) is 0 Å². The summed E-state index contributed by atoms with van der Waals surface area (Å²) >= 11 is 6.03. The van der Waals surface area contributed by atoms with E-state index in [-0.39, 0.29) is 46.4 Å². The lowest BCUT2D eigenvalue weighted by Crippen LogP contribution is -2.30. The first-order valence-corrected chi connectivity index (χ1v) is 16.7. The Morgan fingerprint density at radius 3 is 2.44 bits per heavy atom. The van der Waals surface area contributed by atoms with Crippen LogP contribution >= 0.6 is 11.6 Å². The van der Waals surface area contributed by atoms with Gasteiger partial charge in [0, 0.05) is 46.5 Å². The number of aromatic nitrogens is 1. The zero-order valence-corrected chi connectivity index (χ0v) is 27.7. The van der Waals surface area contributed by atoms with Crippen molar-refractivity contribution in [3.8, 4) is 34.3 Å². The minimum absolute atomic E-state index is 0.0496. The summed E-state index contributed by atoms with van der Waals surface area (Å²) in [6, 6.07) is 15.5. The molecule has 0 bridgehead atoms. The maximum atomic E-state index is 12.1. The van der Waals surface area contributed by atoms with Gasteiger partial charge in [0.15, 0.2) is 17.3 Å². The van der Waals surface area contributed by atoms with Gasteiger partial charge >= 0.3 is 10.4 Å². The lowest BCUT2D eigenvalue weighted by molar-refractivity contribution is 0.200. The number of phenolic OH excluding ortho intramolecular Hbond substituents is 3. The molecule has 256 valence electrons. The fourth-order valence-corrected chi connectivity index (χ4v) is 5.39. The minimum Gasteiger partial charge on any atom is -0.508 e. The van der Waals surface area contributed by atoms with Gasteiger partial charge in [-0.1, -0.05) is 18.5 Å². The van der Waals surface area contributed by atoms with E-state index in [1.807, 2.05) is 31.2 Å². The molecule has 2 heterocycles. The first-order chi connectivity index (χ1) is 22.8. The van der Waals surface area contributed by atoms with Crippen LogP contribution in [0.1, 0.15) is 26.7 Å². The number of nitrogens with zero attached hydrogens (tertiary/aromatic N) is 2. The number of phenols is 3. The fourth-order valence-electron chi connectivity index (χ4n) is 4.94. The highest BCUT2D eigenvalue weighted by molar-refractivity contribution is 7.80. The Labute approximate surface area is 281 Å². The average Bonchev–Trinajstić information content (AvgIpc) is 3.03. The predicted octanol–water partition coefficient (Wildman–Crippen LogP) is 5.89. The van der Waals surface area contributed by atoms with Crippen LogP contribution in [0.15, 0.2) is 76.1 Å². The summed E-state index contributed by atoms with van der Waals surface area (Å²) in [5, 5.41) is 43.5. The maximum absolute atomic E-state index is 12.1. The van der Waals surface area contributed by atoms with Crippen LogP contribution in [0.5, 0.6) is 23.0 Å². The highest BCUT2D eigenvalue weighted by atomic mass is 35.5. The predicted molar refractivity (Wildman–Crippen MR) is 183 cm³/mol. The largest absolute Gasteiger partial charge is 0.508 e. The number of aromatic hydroxyl groups is 4. The molecule has 2 aromatic heterocycles. The van der Waals surface area contributed by atoms with E-state index in [0.717, 1.165) is 48.6 Å². The summed E-state index contributed by atoms with van der Waals surface area (Å²) in [4.78, 5) is 18.5. The van der Waals surface area contributed by atoms with Crippen molar-refractivity contribution in [1.82, 2.24) is 9.88 Å². The number of nitrogens with one attached hydrogen (secondary N) is 1. The van der Waals surface area contributed by atoms with Gasteiger partial charge in [0.25, 0.3) is 0 Å². The number of fused-ring (bicyclic) bond motifs is 2. The average molecular weight is 702 g/mol. The topological polar surface area (TPSA) is 203 Å². The summed E-state index contributed by atoms with van der Waals surface area (Å²) in [5.41, 5.74) is 1.54. The van der Waals surface area contributed by atoms with Gasteiger partial charge < -0.3 is 35.1 Å². The molecule has 1 atom stereocenters. The summed E-state index contributed by atoms with van der Waals surface area (Å²) in [5.74, 6) is -1.60. The van der Waals surface area contributed by atoms with Gasteiger partial charge in [-0.05, 0) is 87.5 Å². The van der Waals surface area contributed by atoms with Crippen LogP contribution in [0.25, 0.3) is 33.2 Å². The molecule has 0 radical (unpaired) electrons. The standard InChI is InChI=1S/C18H26ClN3O4S.C15H10O6/c1-3-22(11-12-26-27(23,24)25)10-4-5-14(2)21-17-8-9-20-18-13-15(19)6-7-16(17)18;16-8-2-3-9-12(6-8)21-15(14(20)13(9)19)7-1-4-10(17)11(18)5-7/h6-9,13-14H,3-5,10-12H2,1-2H3,(H,20,21)(H,23,24,25);1-6,16-18,20H. The van der Waals surface area contributed by atoms with E-state index in [0.29, 0.717) is 11.6 Å². The molecule has 5 aromatic rings. The third-order valence-corrected chi connectivity index (χ3v) is 8.09. The molecule has 6 N–H and O–H groups in total. The Morgan fingerprint density at radius 2 is 1.73 bits per heavy atom.